The fourth-order valence-corrected chi connectivity index (χ4v) is 3.03. The van der Waals surface area contributed by atoms with Gasteiger partial charge in [-0.15, -0.1) is 11.3 Å². The molecule has 1 aromatic heterocycles. The maximum absolute atomic E-state index is 12.1. The van der Waals surface area contributed by atoms with Crippen molar-refractivity contribution in [2.45, 2.75) is 33.9 Å². The van der Waals surface area contributed by atoms with Gasteiger partial charge in [-0.05, 0) is 11.6 Å². The van der Waals surface area contributed by atoms with Gasteiger partial charge >= 0.3 is 0 Å². The lowest BCUT2D eigenvalue weighted by atomic mass is 9.95. The molecule has 1 aliphatic rings. The predicted octanol–water partition coefficient (Wildman–Crippen LogP) is 1.76. The zero-order valence-corrected chi connectivity index (χ0v) is 11.4. The fraction of sp³-hybridized carbons (Fsp3) is 0.500. The molecule has 0 saturated carbocycles. The highest BCUT2D eigenvalue weighted by molar-refractivity contribution is 7.14. The van der Waals surface area contributed by atoms with E-state index in [0.29, 0.717) is 18.0 Å². The second-order valence-electron chi connectivity index (χ2n) is 5.41. The molecule has 0 saturated heterocycles. The maximum atomic E-state index is 12.1. The molecule has 2 rings (SSSR count). The number of fused-ring (bicyclic) bond motifs is 1. The Morgan fingerprint density at radius 1 is 1.39 bits per heavy atom. The Morgan fingerprint density at radius 2 is 2.06 bits per heavy atom. The highest BCUT2D eigenvalue weighted by Gasteiger charge is 2.32. The summed E-state index contributed by atoms with van der Waals surface area (Å²) in [6, 6.07) is 1.74. The number of hydroxylamine groups is 1. The predicted molar refractivity (Wildman–Crippen MR) is 67.3 cm³/mol. The SMILES string of the molecule is CC(C)(C)C(=O)N1Cc2cc(C(=O)NO)sc2C1. The largest absolute Gasteiger partial charge is 0.333 e. The molecule has 0 atom stereocenters. The lowest BCUT2D eigenvalue weighted by Gasteiger charge is -2.25. The molecule has 6 heteroatoms. The number of hydrogen-bond donors (Lipinski definition) is 2. The lowest BCUT2D eigenvalue weighted by Crippen LogP contribution is -2.35. The molecule has 0 fully saturated rings. The first-order valence-electron chi connectivity index (χ1n) is 5.68. The van der Waals surface area contributed by atoms with Crippen LogP contribution in [0.1, 0.15) is 40.9 Å². The number of carbonyl (C=O) groups is 2. The van der Waals surface area contributed by atoms with Crippen molar-refractivity contribution in [3.05, 3.63) is 21.4 Å². The minimum Gasteiger partial charge on any atom is -0.333 e. The lowest BCUT2D eigenvalue weighted by molar-refractivity contribution is -0.140. The molecule has 0 bridgehead atoms. The third-order valence-electron chi connectivity index (χ3n) is 2.85. The minimum absolute atomic E-state index is 0.110. The molecule has 1 aromatic rings. The maximum Gasteiger partial charge on any atom is 0.284 e. The summed E-state index contributed by atoms with van der Waals surface area (Å²) in [4.78, 5) is 26.7. The summed E-state index contributed by atoms with van der Waals surface area (Å²) in [6.07, 6.45) is 0. The average molecular weight is 268 g/mol. The van der Waals surface area contributed by atoms with Gasteiger partial charge in [-0.25, -0.2) is 5.48 Å². The van der Waals surface area contributed by atoms with Gasteiger partial charge in [0.25, 0.3) is 5.91 Å². The Hall–Kier alpha value is -1.40. The first kappa shape index (κ1) is 13.0. The molecule has 2 heterocycles. The summed E-state index contributed by atoms with van der Waals surface area (Å²) in [5.74, 6) is -0.387. The Balaban J connectivity index is 2.13. The van der Waals surface area contributed by atoms with Gasteiger partial charge in [0.1, 0.15) is 0 Å². The van der Waals surface area contributed by atoms with E-state index in [4.69, 9.17) is 5.21 Å². The third-order valence-corrected chi connectivity index (χ3v) is 4.01. The van der Waals surface area contributed by atoms with Crippen molar-refractivity contribution in [2.24, 2.45) is 5.41 Å². The van der Waals surface area contributed by atoms with Crippen molar-refractivity contribution in [1.82, 2.24) is 10.4 Å². The Morgan fingerprint density at radius 3 is 2.56 bits per heavy atom. The van der Waals surface area contributed by atoms with E-state index in [1.54, 1.807) is 16.4 Å². The number of nitrogens with one attached hydrogen (secondary N) is 1. The van der Waals surface area contributed by atoms with Gasteiger partial charge in [-0.3, -0.25) is 14.8 Å². The summed E-state index contributed by atoms with van der Waals surface area (Å²) in [5.41, 5.74) is 2.23. The molecule has 0 aromatic carbocycles. The number of nitrogens with zero attached hydrogens (tertiary/aromatic N) is 1. The molecule has 0 unspecified atom stereocenters. The van der Waals surface area contributed by atoms with Crippen molar-refractivity contribution >= 4 is 23.2 Å². The van der Waals surface area contributed by atoms with Crippen LogP contribution in [0.15, 0.2) is 6.07 Å². The summed E-state index contributed by atoms with van der Waals surface area (Å²) >= 11 is 1.32. The third kappa shape index (κ3) is 2.26. The Labute approximate surface area is 109 Å². The highest BCUT2D eigenvalue weighted by atomic mass is 32.1. The monoisotopic (exact) mass is 268 g/mol. The highest BCUT2D eigenvalue weighted by Crippen LogP contribution is 2.33. The van der Waals surface area contributed by atoms with E-state index in [1.807, 2.05) is 20.8 Å². The van der Waals surface area contributed by atoms with Crippen LogP contribution < -0.4 is 5.48 Å². The van der Waals surface area contributed by atoms with Crippen LogP contribution in [-0.4, -0.2) is 21.9 Å². The first-order chi connectivity index (χ1) is 8.32. The van der Waals surface area contributed by atoms with Gasteiger partial charge in [-0.2, -0.15) is 0 Å². The topological polar surface area (TPSA) is 69.6 Å². The zero-order chi connectivity index (χ0) is 13.5. The number of hydrogen-bond acceptors (Lipinski definition) is 4. The molecule has 5 nitrogen and oxygen atoms in total. The van der Waals surface area contributed by atoms with Gasteiger partial charge < -0.3 is 4.90 Å². The van der Waals surface area contributed by atoms with Gasteiger partial charge in [0.05, 0.1) is 11.4 Å². The van der Waals surface area contributed by atoms with Crippen LogP contribution in [0.4, 0.5) is 0 Å². The summed E-state index contributed by atoms with van der Waals surface area (Å²) < 4.78 is 0. The molecular weight excluding hydrogens is 252 g/mol. The van der Waals surface area contributed by atoms with Crippen LogP contribution in [0.5, 0.6) is 0 Å². The summed E-state index contributed by atoms with van der Waals surface area (Å²) in [7, 11) is 0. The Bertz CT molecular complexity index is 478. The van der Waals surface area contributed by atoms with Crippen LogP contribution in [-0.2, 0) is 17.9 Å². The fourth-order valence-electron chi connectivity index (χ4n) is 1.95. The van der Waals surface area contributed by atoms with Gasteiger partial charge in [0.15, 0.2) is 0 Å². The van der Waals surface area contributed by atoms with E-state index in [0.717, 1.165) is 10.4 Å². The number of thiophene rings is 1. The van der Waals surface area contributed by atoms with Crippen molar-refractivity contribution in [3.8, 4) is 0 Å². The van der Waals surface area contributed by atoms with Crippen molar-refractivity contribution in [2.75, 3.05) is 0 Å². The van der Waals surface area contributed by atoms with E-state index in [1.165, 1.54) is 11.3 Å². The van der Waals surface area contributed by atoms with Crippen molar-refractivity contribution in [3.63, 3.8) is 0 Å². The van der Waals surface area contributed by atoms with E-state index in [-0.39, 0.29) is 11.3 Å². The van der Waals surface area contributed by atoms with E-state index >= 15 is 0 Å². The van der Waals surface area contributed by atoms with Crippen molar-refractivity contribution in [1.29, 1.82) is 0 Å². The molecule has 18 heavy (non-hydrogen) atoms. The van der Waals surface area contributed by atoms with Crippen LogP contribution in [0, 0.1) is 5.41 Å². The van der Waals surface area contributed by atoms with Crippen molar-refractivity contribution < 1.29 is 14.8 Å². The molecule has 1 aliphatic heterocycles. The van der Waals surface area contributed by atoms with E-state index in [9.17, 15) is 9.59 Å². The quantitative estimate of drug-likeness (QED) is 0.602. The molecule has 98 valence electrons. The van der Waals surface area contributed by atoms with Gasteiger partial charge in [0, 0.05) is 16.8 Å². The van der Waals surface area contributed by atoms with E-state index < -0.39 is 5.91 Å². The number of rotatable bonds is 1. The summed E-state index contributed by atoms with van der Waals surface area (Å²) in [5, 5.41) is 8.57. The number of carbonyl (C=O) groups excluding carboxylic acids is 2. The smallest absolute Gasteiger partial charge is 0.284 e. The second kappa shape index (κ2) is 4.37. The van der Waals surface area contributed by atoms with Crippen LogP contribution in [0.3, 0.4) is 0 Å². The van der Waals surface area contributed by atoms with E-state index in [2.05, 4.69) is 0 Å². The minimum atomic E-state index is -0.497. The molecule has 2 amide bonds. The molecular formula is C12H16N2O3S. The Kier molecular flexibility index (Phi) is 3.16. The molecule has 2 N–H and O–H groups in total. The zero-order valence-electron chi connectivity index (χ0n) is 10.6. The average Bonchev–Trinajstić information content (AvgIpc) is 2.82. The standard InChI is InChI=1S/C12H16N2O3S/c1-12(2,3)11(16)14-5-7-4-8(10(15)13-17)18-9(7)6-14/h4,17H,5-6H2,1-3H3,(H,13,15). The normalized spacial score (nSPS) is 14.6. The van der Waals surface area contributed by atoms with Crippen LogP contribution in [0.25, 0.3) is 0 Å². The van der Waals surface area contributed by atoms with Gasteiger partial charge in [0.2, 0.25) is 5.91 Å². The molecule has 0 radical (unpaired) electrons. The van der Waals surface area contributed by atoms with Gasteiger partial charge in [-0.1, -0.05) is 20.8 Å². The van der Waals surface area contributed by atoms with Crippen LogP contribution >= 0.6 is 11.3 Å². The van der Waals surface area contributed by atoms with Crippen LogP contribution in [0.2, 0.25) is 0 Å². The number of amides is 2. The summed E-state index contributed by atoms with van der Waals surface area (Å²) in [6.45, 7) is 6.78. The first-order valence-corrected chi connectivity index (χ1v) is 6.50. The second-order valence-corrected chi connectivity index (χ2v) is 6.55. The molecule has 0 aliphatic carbocycles. The molecule has 0 spiro atoms.